The fourth-order valence-electron chi connectivity index (χ4n) is 2.33. The summed E-state index contributed by atoms with van der Waals surface area (Å²) in [5, 5.41) is 0.0662. The van der Waals surface area contributed by atoms with E-state index in [-0.39, 0.29) is 11.5 Å². The molecule has 2 heterocycles. The Hall–Kier alpha value is -2.51. The van der Waals surface area contributed by atoms with Crippen LogP contribution >= 0.6 is 23.4 Å². The highest BCUT2D eigenvalue weighted by Crippen LogP contribution is 2.33. The topological polar surface area (TPSA) is 76.8 Å². The van der Waals surface area contributed by atoms with Crippen molar-refractivity contribution in [2.45, 2.75) is 6.92 Å². The van der Waals surface area contributed by atoms with Crippen molar-refractivity contribution in [3.63, 3.8) is 0 Å². The van der Waals surface area contributed by atoms with Crippen molar-refractivity contribution in [2.75, 3.05) is 13.2 Å². The van der Waals surface area contributed by atoms with E-state index in [4.69, 9.17) is 20.8 Å². The lowest BCUT2D eigenvalue weighted by molar-refractivity contribution is -0.145. The van der Waals surface area contributed by atoms with Crippen molar-refractivity contribution in [1.82, 2.24) is 4.90 Å². The van der Waals surface area contributed by atoms with E-state index in [1.807, 2.05) is 6.07 Å². The average Bonchev–Trinajstić information content (AvgIpc) is 3.16. The molecule has 0 saturated carbocycles. The van der Waals surface area contributed by atoms with E-state index in [9.17, 15) is 14.4 Å². The minimum Gasteiger partial charge on any atom is -0.465 e. The van der Waals surface area contributed by atoms with Gasteiger partial charge in [-0.2, -0.15) is 0 Å². The highest BCUT2D eigenvalue weighted by atomic mass is 35.5. The molecular weight excluding hydrogens is 378 g/mol. The molecule has 1 fully saturated rings. The lowest BCUT2D eigenvalue weighted by atomic mass is 10.2. The van der Waals surface area contributed by atoms with Crippen LogP contribution in [0.15, 0.2) is 45.7 Å². The fourth-order valence-corrected chi connectivity index (χ4v) is 3.34. The van der Waals surface area contributed by atoms with Crippen LogP contribution in [-0.2, 0) is 14.3 Å². The van der Waals surface area contributed by atoms with Crippen LogP contribution in [0.4, 0.5) is 4.79 Å². The number of ether oxygens (including phenoxy) is 1. The molecule has 6 nitrogen and oxygen atoms in total. The molecule has 8 heteroatoms. The third kappa shape index (κ3) is 4.00. The first-order valence-electron chi connectivity index (χ1n) is 7.74. The largest absolute Gasteiger partial charge is 0.465 e. The number of benzene rings is 1. The van der Waals surface area contributed by atoms with Crippen molar-refractivity contribution in [2.24, 2.45) is 0 Å². The van der Waals surface area contributed by atoms with Gasteiger partial charge in [0.25, 0.3) is 11.1 Å². The molecule has 0 bridgehead atoms. The van der Waals surface area contributed by atoms with Gasteiger partial charge in [-0.3, -0.25) is 19.3 Å². The summed E-state index contributed by atoms with van der Waals surface area (Å²) in [7, 11) is 0. The van der Waals surface area contributed by atoms with Crippen LogP contribution < -0.4 is 0 Å². The van der Waals surface area contributed by atoms with Gasteiger partial charge in [-0.25, -0.2) is 0 Å². The summed E-state index contributed by atoms with van der Waals surface area (Å²) in [6.45, 7) is 1.44. The molecule has 2 amide bonds. The van der Waals surface area contributed by atoms with Crippen LogP contribution in [0.25, 0.3) is 17.4 Å². The Labute approximate surface area is 158 Å². The van der Waals surface area contributed by atoms with Gasteiger partial charge in [-0.15, -0.1) is 0 Å². The first kappa shape index (κ1) is 18.3. The van der Waals surface area contributed by atoms with Gasteiger partial charge in [0.05, 0.1) is 11.5 Å². The quantitative estimate of drug-likeness (QED) is 0.561. The molecule has 1 aromatic heterocycles. The summed E-state index contributed by atoms with van der Waals surface area (Å²) in [4.78, 5) is 36.9. The number of rotatable bonds is 5. The summed E-state index contributed by atoms with van der Waals surface area (Å²) < 4.78 is 10.5. The van der Waals surface area contributed by atoms with E-state index in [0.29, 0.717) is 16.5 Å². The van der Waals surface area contributed by atoms with Gasteiger partial charge in [0.15, 0.2) is 0 Å². The molecule has 2 aromatic rings. The van der Waals surface area contributed by atoms with Crippen molar-refractivity contribution < 1.29 is 23.5 Å². The monoisotopic (exact) mass is 391 g/mol. The Morgan fingerprint density at radius 3 is 2.85 bits per heavy atom. The minimum absolute atomic E-state index is 0.184. The SMILES string of the molecule is CCOC(=O)CN1C(=O)S/C(=C/c2ccc(-c3cccc(Cl)c3)o2)C1=O. The molecule has 1 aliphatic heterocycles. The zero-order chi connectivity index (χ0) is 18.7. The lowest BCUT2D eigenvalue weighted by Gasteiger charge is -2.10. The van der Waals surface area contributed by atoms with Gasteiger partial charge >= 0.3 is 5.97 Å². The van der Waals surface area contributed by atoms with Crippen LogP contribution in [-0.4, -0.2) is 35.2 Å². The minimum atomic E-state index is -0.628. The summed E-state index contributed by atoms with van der Waals surface area (Å²) in [6, 6.07) is 10.6. The fraction of sp³-hybridized carbons (Fsp3) is 0.167. The molecule has 134 valence electrons. The predicted octanol–water partition coefficient (Wildman–Crippen LogP) is 4.20. The van der Waals surface area contributed by atoms with E-state index >= 15 is 0 Å². The Kier molecular flexibility index (Phi) is 5.49. The summed E-state index contributed by atoms with van der Waals surface area (Å²) in [5.74, 6) is -0.169. The molecule has 1 saturated heterocycles. The zero-order valence-corrected chi connectivity index (χ0v) is 15.3. The second kappa shape index (κ2) is 7.80. The second-order valence-corrected chi connectivity index (χ2v) is 6.71. The highest BCUT2D eigenvalue weighted by Gasteiger charge is 2.36. The van der Waals surface area contributed by atoms with Crippen LogP contribution in [0.5, 0.6) is 0 Å². The van der Waals surface area contributed by atoms with Crippen LogP contribution in [0.2, 0.25) is 5.02 Å². The standard InChI is InChI=1S/C18H14ClNO5S/c1-2-24-16(21)10-20-17(22)15(26-18(20)23)9-13-6-7-14(25-13)11-4-3-5-12(19)8-11/h3-9H,2,10H2,1H3/b15-9+. The van der Waals surface area contributed by atoms with Gasteiger partial charge in [0.1, 0.15) is 18.1 Å². The highest BCUT2D eigenvalue weighted by molar-refractivity contribution is 8.18. The zero-order valence-electron chi connectivity index (χ0n) is 13.7. The number of thioether (sulfide) groups is 1. The number of hydrogen-bond donors (Lipinski definition) is 0. The summed E-state index contributed by atoms with van der Waals surface area (Å²) in [6.07, 6.45) is 1.48. The first-order chi connectivity index (χ1) is 12.5. The summed E-state index contributed by atoms with van der Waals surface area (Å²) >= 11 is 6.73. The van der Waals surface area contributed by atoms with Gasteiger partial charge in [0, 0.05) is 16.7 Å². The smallest absolute Gasteiger partial charge is 0.326 e. The molecular formula is C18H14ClNO5S. The molecule has 0 N–H and O–H groups in total. The molecule has 1 aliphatic rings. The predicted molar refractivity (Wildman–Crippen MR) is 98.5 cm³/mol. The molecule has 0 atom stereocenters. The van der Waals surface area contributed by atoms with E-state index in [1.54, 1.807) is 37.3 Å². The van der Waals surface area contributed by atoms with E-state index in [2.05, 4.69) is 0 Å². The van der Waals surface area contributed by atoms with Crippen LogP contribution in [0.1, 0.15) is 12.7 Å². The second-order valence-electron chi connectivity index (χ2n) is 5.29. The Morgan fingerprint density at radius 2 is 2.12 bits per heavy atom. The van der Waals surface area contributed by atoms with Gasteiger partial charge in [-0.05, 0) is 43.0 Å². The van der Waals surface area contributed by atoms with Crippen molar-refractivity contribution >= 4 is 46.6 Å². The van der Waals surface area contributed by atoms with Gasteiger partial charge in [0.2, 0.25) is 0 Å². The lowest BCUT2D eigenvalue weighted by Crippen LogP contribution is -2.34. The normalized spacial score (nSPS) is 15.8. The number of furan rings is 1. The number of esters is 1. The van der Waals surface area contributed by atoms with Crippen molar-refractivity contribution in [3.05, 3.63) is 52.1 Å². The molecule has 0 unspecified atom stereocenters. The number of nitrogens with zero attached hydrogens (tertiary/aromatic N) is 1. The molecule has 26 heavy (non-hydrogen) atoms. The number of hydrogen-bond acceptors (Lipinski definition) is 6. The number of imide groups is 1. The maximum absolute atomic E-state index is 12.3. The Balaban J connectivity index is 1.77. The number of halogens is 1. The van der Waals surface area contributed by atoms with E-state index in [1.165, 1.54) is 6.08 Å². The Morgan fingerprint density at radius 1 is 1.31 bits per heavy atom. The number of carbonyl (C=O) groups excluding carboxylic acids is 3. The number of amides is 2. The average molecular weight is 392 g/mol. The van der Waals surface area contributed by atoms with Crippen LogP contribution in [0.3, 0.4) is 0 Å². The maximum Gasteiger partial charge on any atom is 0.326 e. The number of carbonyl (C=O) groups is 3. The van der Waals surface area contributed by atoms with E-state index in [0.717, 1.165) is 22.2 Å². The van der Waals surface area contributed by atoms with Gasteiger partial charge < -0.3 is 9.15 Å². The molecule has 0 radical (unpaired) electrons. The summed E-state index contributed by atoms with van der Waals surface area (Å²) in [5.41, 5.74) is 0.799. The molecule has 3 rings (SSSR count). The van der Waals surface area contributed by atoms with Crippen molar-refractivity contribution in [1.29, 1.82) is 0 Å². The van der Waals surface area contributed by atoms with Crippen molar-refractivity contribution in [3.8, 4) is 11.3 Å². The third-order valence-electron chi connectivity index (χ3n) is 3.48. The van der Waals surface area contributed by atoms with Crippen LogP contribution in [0, 0.1) is 0 Å². The van der Waals surface area contributed by atoms with E-state index < -0.39 is 23.7 Å². The third-order valence-corrected chi connectivity index (χ3v) is 4.62. The molecule has 0 aliphatic carbocycles. The van der Waals surface area contributed by atoms with Gasteiger partial charge in [-0.1, -0.05) is 23.7 Å². The maximum atomic E-state index is 12.3. The Bertz CT molecular complexity index is 904. The molecule has 1 aromatic carbocycles. The first-order valence-corrected chi connectivity index (χ1v) is 8.94. The molecule has 0 spiro atoms.